The molecule has 1 saturated carbocycles. The van der Waals surface area contributed by atoms with Gasteiger partial charge in [0.05, 0.1) is 12.1 Å². The summed E-state index contributed by atoms with van der Waals surface area (Å²) in [4.78, 5) is 12.5. The maximum Gasteiger partial charge on any atom is 0.251 e. The van der Waals surface area contributed by atoms with E-state index in [9.17, 15) is 9.90 Å². The predicted octanol–water partition coefficient (Wildman–Crippen LogP) is 2.33. The van der Waals surface area contributed by atoms with Crippen LogP contribution in [0.5, 0.6) is 0 Å². The van der Waals surface area contributed by atoms with Gasteiger partial charge in [0.25, 0.3) is 5.91 Å². The SMILES string of the molecule is CC1CCC(CO)(NC(=O)c2ccc3c(c2)NCC3)CC1. The van der Waals surface area contributed by atoms with Crippen LogP contribution in [0.15, 0.2) is 18.2 Å². The molecule has 1 aliphatic carbocycles. The number of rotatable bonds is 3. The lowest BCUT2D eigenvalue weighted by molar-refractivity contribution is 0.0717. The third-order valence-corrected chi connectivity index (χ3v) is 4.99. The normalized spacial score (nSPS) is 27.8. The lowest BCUT2D eigenvalue weighted by Gasteiger charge is -2.38. The van der Waals surface area contributed by atoms with Crippen molar-refractivity contribution < 1.29 is 9.90 Å². The molecule has 2 aliphatic rings. The summed E-state index contributed by atoms with van der Waals surface area (Å²) in [6, 6.07) is 5.84. The molecular formula is C17H24N2O2. The molecule has 0 aromatic heterocycles. The van der Waals surface area contributed by atoms with Crippen molar-refractivity contribution in [2.45, 2.75) is 44.6 Å². The number of anilines is 1. The van der Waals surface area contributed by atoms with Gasteiger partial charge in [-0.1, -0.05) is 13.0 Å². The van der Waals surface area contributed by atoms with Gasteiger partial charge in [0.1, 0.15) is 0 Å². The molecule has 3 N–H and O–H groups in total. The van der Waals surface area contributed by atoms with Crippen LogP contribution < -0.4 is 10.6 Å². The zero-order chi connectivity index (χ0) is 14.9. The summed E-state index contributed by atoms with van der Waals surface area (Å²) in [6.45, 7) is 3.20. The zero-order valence-electron chi connectivity index (χ0n) is 12.6. The first-order valence-corrected chi connectivity index (χ1v) is 7.92. The molecule has 1 aromatic rings. The van der Waals surface area contributed by atoms with E-state index in [-0.39, 0.29) is 12.5 Å². The van der Waals surface area contributed by atoms with E-state index in [2.05, 4.69) is 17.6 Å². The summed E-state index contributed by atoms with van der Waals surface area (Å²) in [5.74, 6) is 0.612. The van der Waals surface area contributed by atoms with Crippen LogP contribution in [0.3, 0.4) is 0 Å². The molecule has 1 aliphatic heterocycles. The molecule has 21 heavy (non-hydrogen) atoms. The molecule has 4 heteroatoms. The van der Waals surface area contributed by atoms with Gasteiger partial charge in [-0.25, -0.2) is 0 Å². The van der Waals surface area contributed by atoms with Gasteiger partial charge >= 0.3 is 0 Å². The Morgan fingerprint density at radius 2 is 2.19 bits per heavy atom. The van der Waals surface area contributed by atoms with Crippen molar-refractivity contribution in [3.05, 3.63) is 29.3 Å². The highest BCUT2D eigenvalue weighted by atomic mass is 16.3. The first-order chi connectivity index (χ1) is 10.1. The first-order valence-electron chi connectivity index (χ1n) is 7.92. The second kappa shape index (κ2) is 5.68. The topological polar surface area (TPSA) is 61.4 Å². The lowest BCUT2D eigenvalue weighted by Crippen LogP contribution is -2.53. The highest BCUT2D eigenvalue weighted by Gasteiger charge is 2.35. The Labute approximate surface area is 125 Å². The van der Waals surface area contributed by atoms with Crippen LogP contribution >= 0.6 is 0 Å². The van der Waals surface area contributed by atoms with Crippen molar-refractivity contribution in [1.29, 1.82) is 0 Å². The minimum Gasteiger partial charge on any atom is -0.394 e. The van der Waals surface area contributed by atoms with Gasteiger partial charge in [-0.05, 0) is 55.7 Å². The van der Waals surface area contributed by atoms with Gasteiger partial charge in [-0.3, -0.25) is 4.79 Å². The minimum atomic E-state index is -0.434. The fraction of sp³-hybridized carbons (Fsp3) is 0.588. The summed E-state index contributed by atoms with van der Waals surface area (Å²) in [5, 5.41) is 16.1. The number of aliphatic hydroxyl groups is 1. The second-order valence-corrected chi connectivity index (χ2v) is 6.62. The van der Waals surface area contributed by atoms with E-state index in [1.807, 2.05) is 18.2 Å². The number of carbonyl (C=O) groups excluding carboxylic acids is 1. The van der Waals surface area contributed by atoms with E-state index in [1.54, 1.807) is 0 Å². The number of hydrogen-bond donors (Lipinski definition) is 3. The molecular weight excluding hydrogens is 264 g/mol. The Kier molecular flexibility index (Phi) is 3.89. The summed E-state index contributed by atoms with van der Waals surface area (Å²) >= 11 is 0. The Bertz CT molecular complexity index is 534. The van der Waals surface area contributed by atoms with E-state index in [0.29, 0.717) is 11.5 Å². The Morgan fingerprint density at radius 3 is 2.90 bits per heavy atom. The second-order valence-electron chi connectivity index (χ2n) is 6.62. The third-order valence-electron chi connectivity index (χ3n) is 4.99. The Morgan fingerprint density at radius 1 is 1.43 bits per heavy atom. The molecule has 0 spiro atoms. The van der Waals surface area contributed by atoms with E-state index in [0.717, 1.165) is 44.3 Å². The molecule has 0 saturated heterocycles. The molecule has 0 bridgehead atoms. The smallest absolute Gasteiger partial charge is 0.251 e. The summed E-state index contributed by atoms with van der Waals surface area (Å²) in [5.41, 5.74) is 2.58. The highest BCUT2D eigenvalue weighted by molar-refractivity contribution is 5.96. The average Bonchev–Trinajstić information content (AvgIpc) is 2.97. The average molecular weight is 288 g/mol. The molecule has 1 amide bonds. The van der Waals surface area contributed by atoms with Gasteiger partial charge in [-0.15, -0.1) is 0 Å². The van der Waals surface area contributed by atoms with E-state index >= 15 is 0 Å². The van der Waals surface area contributed by atoms with Crippen molar-refractivity contribution in [2.75, 3.05) is 18.5 Å². The molecule has 1 heterocycles. The fourth-order valence-corrected chi connectivity index (χ4v) is 3.38. The Hall–Kier alpha value is -1.55. The molecule has 1 fully saturated rings. The van der Waals surface area contributed by atoms with Crippen LogP contribution in [0.4, 0.5) is 5.69 Å². The van der Waals surface area contributed by atoms with Crippen LogP contribution in [-0.2, 0) is 6.42 Å². The lowest BCUT2D eigenvalue weighted by atomic mass is 9.77. The van der Waals surface area contributed by atoms with Crippen LogP contribution in [0.2, 0.25) is 0 Å². The van der Waals surface area contributed by atoms with Crippen LogP contribution in [0.25, 0.3) is 0 Å². The molecule has 0 atom stereocenters. The van der Waals surface area contributed by atoms with Crippen molar-refractivity contribution in [1.82, 2.24) is 5.32 Å². The summed E-state index contributed by atoms with van der Waals surface area (Å²) in [6.07, 6.45) is 4.87. The number of carbonyl (C=O) groups is 1. The number of aliphatic hydroxyl groups excluding tert-OH is 1. The van der Waals surface area contributed by atoms with Crippen molar-refractivity contribution >= 4 is 11.6 Å². The maximum atomic E-state index is 12.5. The quantitative estimate of drug-likeness (QED) is 0.800. The van der Waals surface area contributed by atoms with E-state index < -0.39 is 5.54 Å². The van der Waals surface area contributed by atoms with Gasteiger partial charge in [0, 0.05) is 17.8 Å². The van der Waals surface area contributed by atoms with Crippen molar-refractivity contribution in [3.8, 4) is 0 Å². The molecule has 0 radical (unpaired) electrons. The highest BCUT2D eigenvalue weighted by Crippen LogP contribution is 2.32. The number of nitrogens with one attached hydrogen (secondary N) is 2. The predicted molar refractivity (Wildman–Crippen MR) is 83.6 cm³/mol. The monoisotopic (exact) mass is 288 g/mol. The Balaban J connectivity index is 1.73. The van der Waals surface area contributed by atoms with Crippen LogP contribution in [-0.4, -0.2) is 29.7 Å². The van der Waals surface area contributed by atoms with Gasteiger partial charge in [0.2, 0.25) is 0 Å². The van der Waals surface area contributed by atoms with E-state index in [1.165, 1.54) is 5.56 Å². The molecule has 4 nitrogen and oxygen atoms in total. The molecule has 114 valence electrons. The number of amides is 1. The van der Waals surface area contributed by atoms with Crippen LogP contribution in [0.1, 0.15) is 48.5 Å². The summed E-state index contributed by atoms with van der Waals surface area (Å²) in [7, 11) is 0. The summed E-state index contributed by atoms with van der Waals surface area (Å²) < 4.78 is 0. The van der Waals surface area contributed by atoms with Gasteiger partial charge in [-0.2, -0.15) is 0 Å². The molecule has 3 rings (SSSR count). The van der Waals surface area contributed by atoms with Gasteiger partial charge in [0.15, 0.2) is 0 Å². The number of hydrogen-bond acceptors (Lipinski definition) is 3. The molecule has 0 unspecified atom stereocenters. The largest absolute Gasteiger partial charge is 0.394 e. The molecule has 1 aromatic carbocycles. The third kappa shape index (κ3) is 2.91. The number of fused-ring (bicyclic) bond motifs is 1. The van der Waals surface area contributed by atoms with E-state index in [4.69, 9.17) is 0 Å². The van der Waals surface area contributed by atoms with Crippen molar-refractivity contribution in [2.24, 2.45) is 5.92 Å². The van der Waals surface area contributed by atoms with Gasteiger partial charge < -0.3 is 15.7 Å². The van der Waals surface area contributed by atoms with Crippen LogP contribution in [0, 0.1) is 5.92 Å². The maximum absolute atomic E-state index is 12.5. The fourth-order valence-electron chi connectivity index (χ4n) is 3.38. The minimum absolute atomic E-state index is 0.0225. The number of benzene rings is 1. The zero-order valence-corrected chi connectivity index (χ0v) is 12.6. The first kappa shape index (κ1) is 14.4. The van der Waals surface area contributed by atoms with Crippen molar-refractivity contribution in [3.63, 3.8) is 0 Å². The standard InChI is InChI=1S/C17H24N2O2/c1-12-4-7-17(11-20,8-5-12)19-16(21)14-3-2-13-6-9-18-15(13)10-14/h2-3,10,12,18,20H,4-9,11H2,1H3,(H,19,21).